The molecule has 106 valence electrons. The average molecular weight is 344 g/mol. The molecule has 0 spiro atoms. The smallest absolute Gasteiger partial charge is 0.189 e. The van der Waals surface area contributed by atoms with Crippen molar-refractivity contribution < 1.29 is 9.53 Å². The first-order valence-electron chi connectivity index (χ1n) is 6.70. The number of ether oxygens (including phenoxy) is 1. The van der Waals surface area contributed by atoms with E-state index in [4.69, 9.17) is 4.74 Å². The van der Waals surface area contributed by atoms with Gasteiger partial charge in [-0.3, -0.25) is 9.78 Å². The standard InChI is InChI=1S/C17H14BrNO2/c1-21-15-7-11(9-19-10-15)6-13-3-2-12-4-5-14(18)8-16(12)17(13)20/h4-10H,2-3H2,1H3/b13-6+. The Hall–Kier alpha value is -1.94. The van der Waals surface area contributed by atoms with Crippen LogP contribution in [0.2, 0.25) is 0 Å². The molecule has 0 aliphatic heterocycles. The van der Waals surface area contributed by atoms with Gasteiger partial charge in [-0.25, -0.2) is 0 Å². The second-order valence-corrected chi connectivity index (χ2v) is 5.87. The quantitative estimate of drug-likeness (QED) is 0.771. The summed E-state index contributed by atoms with van der Waals surface area (Å²) in [5, 5.41) is 0. The van der Waals surface area contributed by atoms with E-state index >= 15 is 0 Å². The number of aromatic nitrogens is 1. The predicted molar refractivity (Wildman–Crippen MR) is 85.6 cm³/mol. The molecule has 0 amide bonds. The van der Waals surface area contributed by atoms with Gasteiger partial charge in [0, 0.05) is 21.8 Å². The molecule has 1 aliphatic carbocycles. The topological polar surface area (TPSA) is 39.2 Å². The third-order valence-corrected chi connectivity index (χ3v) is 4.08. The number of carbonyl (C=O) groups excluding carboxylic acids is 1. The van der Waals surface area contributed by atoms with Crippen molar-refractivity contribution in [3.63, 3.8) is 0 Å². The number of hydrogen-bond donors (Lipinski definition) is 0. The van der Waals surface area contributed by atoms with Gasteiger partial charge in [-0.1, -0.05) is 22.0 Å². The van der Waals surface area contributed by atoms with Crippen molar-refractivity contribution >= 4 is 27.8 Å². The van der Waals surface area contributed by atoms with Crippen LogP contribution in [0.5, 0.6) is 5.75 Å². The first-order valence-corrected chi connectivity index (χ1v) is 7.49. The molecule has 1 aromatic carbocycles. The number of methoxy groups -OCH3 is 1. The van der Waals surface area contributed by atoms with Crippen LogP contribution in [0.1, 0.15) is 27.9 Å². The average Bonchev–Trinajstić information content (AvgIpc) is 2.51. The molecule has 0 bridgehead atoms. The highest BCUT2D eigenvalue weighted by atomic mass is 79.9. The number of ketones is 1. The number of hydrogen-bond acceptors (Lipinski definition) is 3. The monoisotopic (exact) mass is 343 g/mol. The molecule has 3 rings (SSSR count). The molecule has 0 atom stereocenters. The summed E-state index contributed by atoms with van der Waals surface area (Å²) in [5.41, 5.74) is 3.61. The maximum absolute atomic E-state index is 12.6. The van der Waals surface area contributed by atoms with Crippen molar-refractivity contribution in [1.82, 2.24) is 4.98 Å². The summed E-state index contributed by atoms with van der Waals surface area (Å²) in [6.45, 7) is 0. The summed E-state index contributed by atoms with van der Waals surface area (Å²) in [6, 6.07) is 7.77. The van der Waals surface area contributed by atoms with Crippen molar-refractivity contribution in [3.8, 4) is 5.75 Å². The van der Waals surface area contributed by atoms with Crippen molar-refractivity contribution in [3.05, 3.63) is 63.4 Å². The Morgan fingerprint density at radius 3 is 2.90 bits per heavy atom. The van der Waals surface area contributed by atoms with Crippen LogP contribution in [0.25, 0.3) is 6.08 Å². The molecule has 4 heteroatoms. The third-order valence-electron chi connectivity index (χ3n) is 3.58. The maximum Gasteiger partial charge on any atom is 0.189 e. The zero-order valence-electron chi connectivity index (χ0n) is 11.6. The summed E-state index contributed by atoms with van der Waals surface area (Å²) < 4.78 is 6.09. The fourth-order valence-electron chi connectivity index (χ4n) is 2.50. The van der Waals surface area contributed by atoms with Gasteiger partial charge >= 0.3 is 0 Å². The molecule has 0 saturated carbocycles. The van der Waals surface area contributed by atoms with Gasteiger partial charge in [0.05, 0.1) is 13.3 Å². The molecule has 0 radical (unpaired) electrons. The summed E-state index contributed by atoms with van der Waals surface area (Å²) in [6.07, 6.45) is 6.93. The Morgan fingerprint density at radius 2 is 2.10 bits per heavy atom. The summed E-state index contributed by atoms with van der Waals surface area (Å²) in [4.78, 5) is 16.7. The molecule has 1 aromatic heterocycles. The van der Waals surface area contributed by atoms with Crippen molar-refractivity contribution in [2.24, 2.45) is 0 Å². The van der Waals surface area contributed by atoms with Crippen LogP contribution in [-0.2, 0) is 6.42 Å². The number of rotatable bonds is 2. The van der Waals surface area contributed by atoms with E-state index < -0.39 is 0 Å². The third kappa shape index (κ3) is 2.90. The lowest BCUT2D eigenvalue weighted by atomic mass is 9.86. The van der Waals surface area contributed by atoms with E-state index in [1.165, 1.54) is 0 Å². The van der Waals surface area contributed by atoms with Gasteiger partial charge in [0.25, 0.3) is 0 Å². The lowest BCUT2D eigenvalue weighted by Gasteiger charge is -2.17. The highest BCUT2D eigenvalue weighted by Gasteiger charge is 2.21. The van der Waals surface area contributed by atoms with Crippen LogP contribution in [0.15, 0.2) is 46.7 Å². The maximum atomic E-state index is 12.6. The molecule has 2 aromatic rings. The van der Waals surface area contributed by atoms with Gasteiger partial charge in [0.15, 0.2) is 5.78 Å². The minimum atomic E-state index is 0.0976. The highest BCUT2D eigenvalue weighted by molar-refractivity contribution is 9.10. The molecular weight excluding hydrogens is 330 g/mol. The molecule has 0 fully saturated rings. The van der Waals surface area contributed by atoms with Gasteiger partial charge in [0.2, 0.25) is 0 Å². The van der Waals surface area contributed by atoms with E-state index in [1.807, 2.05) is 30.3 Å². The largest absolute Gasteiger partial charge is 0.495 e. The SMILES string of the molecule is COc1cncc(/C=C2\CCc3ccc(Br)cc3C2=O)c1. The Balaban J connectivity index is 1.97. The Labute approximate surface area is 131 Å². The number of benzene rings is 1. The van der Waals surface area contributed by atoms with E-state index in [0.29, 0.717) is 5.75 Å². The van der Waals surface area contributed by atoms with E-state index in [-0.39, 0.29) is 5.78 Å². The number of fused-ring (bicyclic) bond motifs is 1. The number of carbonyl (C=O) groups is 1. The molecule has 1 aliphatic rings. The second kappa shape index (κ2) is 5.82. The molecule has 0 N–H and O–H groups in total. The second-order valence-electron chi connectivity index (χ2n) is 4.96. The number of Topliss-reactive ketones (excluding diaryl/α,β-unsaturated/α-hetero) is 1. The zero-order chi connectivity index (χ0) is 14.8. The van der Waals surface area contributed by atoms with E-state index in [9.17, 15) is 4.79 Å². The predicted octanol–water partition coefficient (Wildman–Crippen LogP) is 4.07. The summed E-state index contributed by atoms with van der Waals surface area (Å²) in [5.74, 6) is 0.788. The zero-order valence-corrected chi connectivity index (χ0v) is 13.2. The minimum Gasteiger partial charge on any atom is -0.495 e. The normalized spacial score (nSPS) is 15.9. The van der Waals surface area contributed by atoms with Crippen molar-refractivity contribution in [2.75, 3.05) is 7.11 Å². The highest BCUT2D eigenvalue weighted by Crippen LogP contribution is 2.29. The van der Waals surface area contributed by atoms with Crippen LogP contribution in [0, 0.1) is 0 Å². The van der Waals surface area contributed by atoms with Gasteiger partial charge in [-0.05, 0) is 48.2 Å². The fraction of sp³-hybridized carbons (Fsp3) is 0.176. The van der Waals surface area contributed by atoms with Gasteiger partial charge in [0.1, 0.15) is 5.75 Å². The first kappa shape index (κ1) is 14.0. The fourth-order valence-corrected chi connectivity index (χ4v) is 2.86. The first-order chi connectivity index (χ1) is 10.2. The lowest BCUT2D eigenvalue weighted by Crippen LogP contribution is -2.14. The minimum absolute atomic E-state index is 0.0976. The molecule has 1 heterocycles. The lowest BCUT2D eigenvalue weighted by molar-refractivity contribution is 0.102. The number of pyridine rings is 1. The van der Waals surface area contributed by atoms with E-state index in [0.717, 1.165) is 39.6 Å². The van der Waals surface area contributed by atoms with Crippen LogP contribution >= 0.6 is 15.9 Å². The van der Waals surface area contributed by atoms with Crippen molar-refractivity contribution in [1.29, 1.82) is 0 Å². The molecule has 21 heavy (non-hydrogen) atoms. The number of allylic oxidation sites excluding steroid dienone is 1. The summed E-state index contributed by atoms with van der Waals surface area (Å²) >= 11 is 3.43. The van der Waals surface area contributed by atoms with Crippen molar-refractivity contribution in [2.45, 2.75) is 12.8 Å². The van der Waals surface area contributed by atoms with Crippen LogP contribution in [0.4, 0.5) is 0 Å². The number of nitrogens with zero attached hydrogens (tertiary/aromatic N) is 1. The molecule has 3 nitrogen and oxygen atoms in total. The number of aryl methyl sites for hydroxylation is 1. The van der Waals surface area contributed by atoms with Crippen LogP contribution in [-0.4, -0.2) is 17.9 Å². The summed E-state index contributed by atoms with van der Waals surface area (Å²) in [7, 11) is 1.60. The molecule has 0 unspecified atom stereocenters. The van der Waals surface area contributed by atoms with Crippen LogP contribution < -0.4 is 4.74 Å². The van der Waals surface area contributed by atoms with E-state index in [2.05, 4.69) is 20.9 Å². The Kier molecular flexibility index (Phi) is 3.88. The van der Waals surface area contributed by atoms with Crippen LogP contribution in [0.3, 0.4) is 0 Å². The van der Waals surface area contributed by atoms with Gasteiger partial charge in [-0.15, -0.1) is 0 Å². The molecule has 0 saturated heterocycles. The Bertz CT molecular complexity index is 737. The van der Waals surface area contributed by atoms with Gasteiger partial charge in [-0.2, -0.15) is 0 Å². The van der Waals surface area contributed by atoms with Gasteiger partial charge < -0.3 is 4.74 Å². The van der Waals surface area contributed by atoms with E-state index in [1.54, 1.807) is 19.5 Å². The Morgan fingerprint density at radius 1 is 1.24 bits per heavy atom. The number of halogens is 1. The molecular formula is C17H14BrNO2.